The zero-order valence-electron chi connectivity index (χ0n) is 16.2. The third kappa shape index (κ3) is 3.67. The van der Waals surface area contributed by atoms with Gasteiger partial charge in [-0.1, -0.05) is 0 Å². The molecule has 1 atom stereocenters. The summed E-state index contributed by atoms with van der Waals surface area (Å²) in [5.41, 5.74) is 2.10. The van der Waals surface area contributed by atoms with Crippen LogP contribution in [0.5, 0.6) is 0 Å². The van der Waals surface area contributed by atoms with Gasteiger partial charge in [0.05, 0.1) is 37.0 Å². The number of nitrogens with zero attached hydrogens (tertiary/aromatic N) is 4. The number of aliphatic imine (C=N–C) groups is 1. The average molecular weight is 400 g/mol. The van der Waals surface area contributed by atoms with Crippen LogP contribution in [-0.4, -0.2) is 64.2 Å². The molecule has 1 aromatic rings. The highest BCUT2D eigenvalue weighted by Gasteiger charge is 2.34. The Balaban J connectivity index is 1.35. The van der Waals surface area contributed by atoms with Gasteiger partial charge in [-0.2, -0.15) is 5.10 Å². The largest absolute Gasteiger partial charge is 0.474 e. The van der Waals surface area contributed by atoms with Crippen LogP contribution in [0.15, 0.2) is 39.7 Å². The van der Waals surface area contributed by atoms with Crippen LogP contribution in [0.4, 0.5) is 15.8 Å². The zero-order valence-corrected chi connectivity index (χ0v) is 16.2. The van der Waals surface area contributed by atoms with Crippen LogP contribution in [0.2, 0.25) is 0 Å². The minimum atomic E-state index is -0.326. The number of rotatable bonds is 4. The molecule has 0 aliphatic carbocycles. The minimum Gasteiger partial charge on any atom is -0.474 e. The van der Waals surface area contributed by atoms with E-state index in [1.807, 2.05) is 6.07 Å². The highest BCUT2D eigenvalue weighted by Crippen LogP contribution is 2.32. The smallest absolute Gasteiger partial charge is 0.224 e. The lowest BCUT2D eigenvalue weighted by Crippen LogP contribution is -2.44. The third-order valence-corrected chi connectivity index (χ3v) is 5.64. The van der Waals surface area contributed by atoms with E-state index in [-0.39, 0.29) is 18.1 Å². The summed E-state index contributed by atoms with van der Waals surface area (Å²) >= 11 is 0. The molecule has 8 nitrogen and oxygen atoms in total. The maximum Gasteiger partial charge on any atom is 0.224 e. The third-order valence-electron chi connectivity index (χ3n) is 5.64. The van der Waals surface area contributed by atoms with Gasteiger partial charge in [0.25, 0.3) is 0 Å². The molecule has 9 heteroatoms. The van der Waals surface area contributed by atoms with Crippen LogP contribution in [0.3, 0.4) is 0 Å². The number of halogens is 1. The van der Waals surface area contributed by atoms with Crippen LogP contribution < -0.4 is 20.5 Å². The molecule has 0 bridgehead atoms. The molecule has 0 saturated carbocycles. The van der Waals surface area contributed by atoms with E-state index in [9.17, 15) is 4.39 Å². The lowest BCUT2D eigenvalue weighted by Gasteiger charge is -2.31. The molecule has 0 amide bonds. The van der Waals surface area contributed by atoms with Gasteiger partial charge in [0.1, 0.15) is 6.10 Å². The average Bonchev–Trinajstić information content (AvgIpc) is 3.20. The minimum absolute atomic E-state index is 0.140. The van der Waals surface area contributed by atoms with E-state index in [0.29, 0.717) is 24.8 Å². The number of hydrogen-bond acceptors (Lipinski definition) is 8. The Hall–Kier alpha value is -2.65. The summed E-state index contributed by atoms with van der Waals surface area (Å²) in [6, 6.07) is 5.28. The first kappa shape index (κ1) is 18.4. The van der Waals surface area contributed by atoms with E-state index in [0.717, 1.165) is 50.3 Å². The quantitative estimate of drug-likeness (QED) is 0.796. The van der Waals surface area contributed by atoms with E-state index >= 15 is 0 Å². The van der Waals surface area contributed by atoms with Gasteiger partial charge in [-0.3, -0.25) is 0 Å². The van der Waals surface area contributed by atoms with E-state index in [2.05, 4.69) is 25.6 Å². The lowest BCUT2D eigenvalue weighted by molar-refractivity contribution is 0.0845. The molecular weight excluding hydrogens is 375 g/mol. The maximum atomic E-state index is 15.0. The molecule has 4 heterocycles. The molecule has 29 heavy (non-hydrogen) atoms. The van der Waals surface area contributed by atoms with Gasteiger partial charge in [-0.05, 0) is 44.1 Å². The van der Waals surface area contributed by atoms with Crippen LogP contribution in [0, 0.1) is 5.82 Å². The highest BCUT2D eigenvalue weighted by molar-refractivity contribution is 5.89. The molecule has 4 aliphatic rings. The second kappa shape index (κ2) is 8.00. The summed E-state index contributed by atoms with van der Waals surface area (Å²) in [5.74, 6) is 0.259. The Bertz CT molecular complexity index is 845. The zero-order chi connectivity index (χ0) is 19.6. The van der Waals surface area contributed by atoms with E-state index < -0.39 is 0 Å². The summed E-state index contributed by atoms with van der Waals surface area (Å²) in [5, 5.41) is 12.6. The molecule has 0 aromatic heterocycles. The van der Waals surface area contributed by atoms with Crippen molar-refractivity contribution in [1.82, 2.24) is 10.6 Å². The molecule has 154 valence electrons. The van der Waals surface area contributed by atoms with Crippen LogP contribution in [0.1, 0.15) is 12.8 Å². The van der Waals surface area contributed by atoms with Gasteiger partial charge in [0, 0.05) is 18.8 Å². The van der Waals surface area contributed by atoms with Gasteiger partial charge in [-0.25, -0.2) is 14.4 Å². The summed E-state index contributed by atoms with van der Waals surface area (Å²) in [7, 11) is 0. The van der Waals surface area contributed by atoms with Gasteiger partial charge in [-0.15, -0.1) is 0 Å². The van der Waals surface area contributed by atoms with Gasteiger partial charge < -0.3 is 25.0 Å². The first-order chi connectivity index (χ1) is 14.3. The molecule has 2 fully saturated rings. The Labute approximate surface area is 169 Å². The van der Waals surface area contributed by atoms with Crippen molar-refractivity contribution >= 4 is 23.9 Å². The molecule has 1 unspecified atom stereocenters. The van der Waals surface area contributed by atoms with Crippen LogP contribution >= 0.6 is 0 Å². The van der Waals surface area contributed by atoms with E-state index in [1.54, 1.807) is 29.7 Å². The first-order valence-electron chi connectivity index (χ1n) is 10.2. The Morgan fingerprint density at radius 3 is 2.79 bits per heavy atom. The topological polar surface area (TPSA) is 73.7 Å². The van der Waals surface area contributed by atoms with Crippen molar-refractivity contribution < 1.29 is 13.9 Å². The predicted molar refractivity (Wildman–Crippen MR) is 110 cm³/mol. The number of hydrogen-bond donors (Lipinski definition) is 2. The van der Waals surface area contributed by atoms with E-state index in [4.69, 9.17) is 9.47 Å². The fraction of sp³-hybridized carbons (Fsp3) is 0.500. The Morgan fingerprint density at radius 2 is 2.00 bits per heavy atom. The molecule has 1 aromatic carbocycles. The van der Waals surface area contributed by atoms with Gasteiger partial charge in [0.2, 0.25) is 5.88 Å². The lowest BCUT2D eigenvalue weighted by atomic mass is 10.1. The monoisotopic (exact) mass is 400 g/mol. The van der Waals surface area contributed by atoms with Crippen molar-refractivity contribution in [1.29, 1.82) is 0 Å². The first-order valence-corrected chi connectivity index (χ1v) is 10.2. The van der Waals surface area contributed by atoms with Gasteiger partial charge in [0.15, 0.2) is 12.0 Å². The SMILES string of the molecule is Fc1cc(N2CCOCC2)ccc1N1N=CC2=C(OC3CCNCC3)N=CNC21. The molecule has 0 spiro atoms. The fourth-order valence-corrected chi connectivity index (χ4v) is 4.04. The number of anilines is 2. The van der Waals surface area contributed by atoms with E-state index in [1.165, 1.54) is 0 Å². The van der Waals surface area contributed by atoms with Crippen molar-refractivity contribution in [3.8, 4) is 0 Å². The fourth-order valence-electron chi connectivity index (χ4n) is 4.04. The number of morpholine rings is 1. The van der Waals surface area contributed by atoms with Crippen LogP contribution in [-0.2, 0) is 9.47 Å². The van der Waals surface area contributed by atoms with Crippen molar-refractivity contribution in [2.45, 2.75) is 25.1 Å². The highest BCUT2D eigenvalue weighted by atomic mass is 19.1. The molecule has 2 N–H and O–H groups in total. The van der Waals surface area contributed by atoms with Crippen molar-refractivity contribution in [2.75, 3.05) is 49.3 Å². The number of nitrogens with one attached hydrogen (secondary N) is 2. The Kier molecular flexibility index (Phi) is 5.07. The van der Waals surface area contributed by atoms with Crippen molar-refractivity contribution in [2.24, 2.45) is 10.1 Å². The predicted octanol–water partition coefficient (Wildman–Crippen LogP) is 1.41. The number of hydrazone groups is 1. The Morgan fingerprint density at radius 1 is 1.17 bits per heavy atom. The van der Waals surface area contributed by atoms with Crippen LogP contribution in [0.25, 0.3) is 0 Å². The van der Waals surface area contributed by atoms with Crippen molar-refractivity contribution in [3.63, 3.8) is 0 Å². The second-order valence-electron chi connectivity index (χ2n) is 7.48. The summed E-state index contributed by atoms with van der Waals surface area (Å²) in [4.78, 5) is 6.49. The normalized spacial score (nSPS) is 24.7. The summed E-state index contributed by atoms with van der Waals surface area (Å²) < 4.78 is 26.5. The molecule has 2 saturated heterocycles. The standard InChI is InChI=1S/C20H25FN6O2/c21-17-11-14(26-7-9-28-10-8-26)1-2-18(17)27-19-16(12-25-27)20(24-13-23-19)29-15-3-5-22-6-4-15/h1-2,11-13,15,19,22H,3-10H2,(H,23,24). The summed E-state index contributed by atoms with van der Waals surface area (Å²) in [6.07, 6.45) is 5.02. The number of ether oxygens (including phenoxy) is 2. The van der Waals surface area contributed by atoms with Crippen molar-refractivity contribution in [3.05, 3.63) is 35.5 Å². The van der Waals surface area contributed by atoms with Gasteiger partial charge >= 0.3 is 0 Å². The summed E-state index contributed by atoms with van der Waals surface area (Å²) in [6.45, 7) is 4.76. The second-order valence-corrected chi connectivity index (χ2v) is 7.48. The molecule has 4 aliphatic heterocycles. The molecule has 0 radical (unpaired) electrons. The number of piperidine rings is 1. The molecule has 5 rings (SSSR count). The number of benzene rings is 1. The number of fused-ring (bicyclic) bond motifs is 1. The maximum absolute atomic E-state index is 15.0. The molecular formula is C20H25FN6O2.